The molecule has 1 fully saturated rings. The van der Waals surface area contributed by atoms with E-state index < -0.39 is 0 Å². The molecule has 1 aromatic rings. The molecule has 2 heterocycles. The number of aryl methyl sites for hydroxylation is 1. The molecule has 1 aliphatic rings. The Balaban J connectivity index is 2.06. The molecule has 2 atom stereocenters. The second kappa shape index (κ2) is 5.47. The molecule has 0 saturated carbocycles. The fourth-order valence-corrected chi connectivity index (χ4v) is 2.84. The van der Waals surface area contributed by atoms with Gasteiger partial charge in [0.15, 0.2) is 5.78 Å². The Kier molecular flexibility index (Phi) is 4.11. The lowest BCUT2D eigenvalue weighted by Gasteiger charge is -2.34. The highest BCUT2D eigenvalue weighted by molar-refractivity contribution is 5.99. The number of Topliss-reactive ketones (excluding diaryl/α,β-unsaturated/α-hetero) is 1. The molecule has 4 heteroatoms. The fourth-order valence-electron chi connectivity index (χ4n) is 2.84. The van der Waals surface area contributed by atoms with Crippen LogP contribution in [-0.4, -0.2) is 47.1 Å². The number of carbonyl (C=O) groups excluding carboxylic acids is 1. The van der Waals surface area contributed by atoms with Crippen LogP contribution in [0.2, 0.25) is 0 Å². The van der Waals surface area contributed by atoms with Gasteiger partial charge in [-0.3, -0.25) is 9.69 Å². The lowest BCUT2D eigenvalue weighted by Crippen LogP contribution is -2.47. The molecule has 4 nitrogen and oxygen atoms in total. The van der Waals surface area contributed by atoms with Gasteiger partial charge in [0.25, 0.3) is 0 Å². The van der Waals surface area contributed by atoms with Crippen molar-refractivity contribution in [3.05, 3.63) is 23.0 Å². The zero-order valence-corrected chi connectivity index (χ0v) is 12.6. The summed E-state index contributed by atoms with van der Waals surface area (Å²) in [5.74, 6) is 0.211. The smallest absolute Gasteiger partial charge is 0.178 e. The fraction of sp³-hybridized carbons (Fsp3) is 0.667. The Morgan fingerprint density at radius 2 is 1.89 bits per heavy atom. The van der Waals surface area contributed by atoms with Crippen molar-refractivity contribution >= 4 is 5.78 Å². The summed E-state index contributed by atoms with van der Waals surface area (Å²) in [6.45, 7) is 10.3. The number of rotatable bonds is 3. The number of hydrogen-bond donors (Lipinski definition) is 0. The number of hydrogen-bond acceptors (Lipinski definition) is 3. The summed E-state index contributed by atoms with van der Waals surface area (Å²) in [6.07, 6.45) is 0.408. The van der Waals surface area contributed by atoms with Gasteiger partial charge in [0.1, 0.15) is 0 Å². The Labute approximate surface area is 115 Å². The predicted molar refractivity (Wildman–Crippen MR) is 75.7 cm³/mol. The molecule has 19 heavy (non-hydrogen) atoms. The maximum absolute atomic E-state index is 12.4. The van der Waals surface area contributed by atoms with E-state index >= 15 is 0 Å². The normalized spacial score (nSPS) is 24.7. The molecule has 0 unspecified atom stereocenters. The van der Waals surface area contributed by atoms with E-state index in [-0.39, 0.29) is 18.0 Å². The van der Waals surface area contributed by atoms with Crippen LogP contribution in [0.3, 0.4) is 0 Å². The lowest BCUT2D eigenvalue weighted by molar-refractivity contribution is -0.0652. The summed E-state index contributed by atoms with van der Waals surface area (Å²) in [6, 6.07) is 1.99. The summed E-state index contributed by atoms with van der Waals surface area (Å²) in [5.41, 5.74) is 3.04. The van der Waals surface area contributed by atoms with E-state index in [1.807, 2.05) is 27.0 Å². The first-order valence-corrected chi connectivity index (χ1v) is 6.92. The third-order valence-electron chi connectivity index (χ3n) is 3.94. The van der Waals surface area contributed by atoms with Gasteiger partial charge < -0.3 is 9.30 Å². The van der Waals surface area contributed by atoms with Crippen LogP contribution in [0.4, 0.5) is 0 Å². The largest absolute Gasteiger partial charge is 0.373 e. The summed E-state index contributed by atoms with van der Waals surface area (Å²) in [5, 5.41) is 0. The van der Waals surface area contributed by atoms with Crippen LogP contribution in [-0.2, 0) is 11.8 Å². The molecule has 0 N–H and O–H groups in total. The molecule has 0 bridgehead atoms. The molecular weight excluding hydrogens is 240 g/mol. The zero-order chi connectivity index (χ0) is 14.2. The summed E-state index contributed by atoms with van der Waals surface area (Å²) in [4.78, 5) is 14.6. The topological polar surface area (TPSA) is 34.5 Å². The van der Waals surface area contributed by atoms with Crippen LogP contribution in [0.15, 0.2) is 6.07 Å². The summed E-state index contributed by atoms with van der Waals surface area (Å²) < 4.78 is 7.76. The van der Waals surface area contributed by atoms with Gasteiger partial charge in [0.2, 0.25) is 0 Å². The second-order valence-corrected chi connectivity index (χ2v) is 5.72. The summed E-state index contributed by atoms with van der Waals surface area (Å²) >= 11 is 0. The van der Waals surface area contributed by atoms with Gasteiger partial charge in [-0.1, -0.05) is 0 Å². The van der Waals surface area contributed by atoms with Crippen molar-refractivity contribution in [2.45, 2.75) is 39.9 Å². The van der Waals surface area contributed by atoms with E-state index in [0.29, 0.717) is 6.54 Å². The highest BCUT2D eigenvalue weighted by Gasteiger charge is 2.25. The molecule has 0 radical (unpaired) electrons. The number of nitrogens with zero attached hydrogens (tertiary/aromatic N) is 2. The molecule has 0 spiro atoms. The maximum Gasteiger partial charge on any atom is 0.178 e. The van der Waals surface area contributed by atoms with Crippen molar-refractivity contribution in [3.8, 4) is 0 Å². The Bertz CT molecular complexity index is 469. The van der Waals surface area contributed by atoms with Gasteiger partial charge in [-0.15, -0.1) is 0 Å². The average Bonchev–Trinajstić information content (AvgIpc) is 2.55. The zero-order valence-electron chi connectivity index (χ0n) is 12.6. The highest BCUT2D eigenvalue weighted by atomic mass is 16.5. The number of aromatic nitrogens is 1. The van der Waals surface area contributed by atoms with Gasteiger partial charge >= 0.3 is 0 Å². The Morgan fingerprint density at radius 1 is 1.32 bits per heavy atom. The van der Waals surface area contributed by atoms with E-state index in [4.69, 9.17) is 4.74 Å². The van der Waals surface area contributed by atoms with Gasteiger partial charge in [-0.2, -0.15) is 0 Å². The lowest BCUT2D eigenvalue weighted by atomic mass is 10.1. The molecule has 0 aromatic carbocycles. The molecule has 1 saturated heterocycles. The van der Waals surface area contributed by atoms with Crippen molar-refractivity contribution < 1.29 is 9.53 Å². The van der Waals surface area contributed by atoms with Crippen molar-refractivity contribution in [3.63, 3.8) is 0 Å². The monoisotopic (exact) mass is 264 g/mol. The van der Waals surface area contributed by atoms with E-state index in [2.05, 4.69) is 23.3 Å². The maximum atomic E-state index is 12.4. The van der Waals surface area contributed by atoms with Gasteiger partial charge in [0, 0.05) is 37.1 Å². The van der Waals surface area contributed by atoms with Crippen LogP contribution < -0.4 is 0 Å². The molecule has 1 aromatic heterocycles. The van der Waals surface area contributed by atoms with Gasteiger partial charge in [0.05, 0.1) is 18.8 Å². The van der Waals surface area contributed by atoms with Crippen molar-refractivity contribution in [2.24, 2.45) is 7.05 Å². The molecular formula is C15H24N2O2. The molecule has 106 valence electrons. The third kappa shape index (κ3) is 3.07. The first kappa shape index (κ1) is 14.3. The minimum Gasteiger partial charge on any atom is -0.373 e. The Hall–Kier alpha value is -1.13. The van der Waals surface area contributed by atoms with Crippen molar-refractivity contribution in [2.75, 3.05) is 19.6 Å². The number of morpholine rings is 1. The quantitative estimate of drug-likeness (QED) is 0.782. The van der Waals surface area contributed by atoms with Crippen LogP contribution in [0, 0.1) is 13.8 Å². The van der Waals surface area contributed by atoms with Crippen LogP contribution in [0.25, 0.3) is 0 Å². The highest BCUT2D eigenvalue weighted by Crippen LogP contribution is 2.16. The second-order valence-electron chi connectivity index (χ2n) is 5.72. The minimum absolute atomic E-state index is 0.204. The minimum atomic E-state index is 0.204. The SMILES string of the molecule is Cc1cc(C(=O)CN2C[C@@H](C)O[C@@H](C)C2)c(C)n1C. The standard InChI is InChI=1S/C15H24N2O2/c1-10-6-14(13(4)16(10)5)15(18)9-17-7-11(2)19-12(3)8-17/h6,11-12H,7-9H2,1-5H3/t11-,12+. The Morgan fingerprint density at radius 3 is 2.37 bits per heavy atom. The molecule has 2 rings (SSSR count). The van der Waals surface area contributed by atoms with Crippen molar-refractivity contribution in [1.82, 2.24) is 9.47 Å². The van der Waals surface area contributed by atoms with E-state index in [1.165, 1.54) is 0 Å². The van der Waals surface area contributed by atoms with Crippen LogP contribution in [0.5, 0.6) is 0 Å². The first-order valence-electron chi connectivity index (χ1n) is 6.92. The van der Waals surface area contributed by atoms with Gasteiger partial charge in [-0.25, -0.2) is 0 Å². The molecule has 1 aliphatic heterocycles. The van der Waals surface area contributed by atoms with Crippen molar-refractivity contribution in [1.29, 1.82) is 0 Å². The van der Waals surface area contributed by atoms with Gasteiger partial charge in [-0.05, 0) is 33.8 Å². The average molecular weight is 264 g/mol. The third-order valence-corrected chi connectivity index (χ3v) is 3.94. The predicted octanol–water partition coefficient (Wildman–Crippen LogP) is 1.93. The number of ketones is 1. The molecule has 0 amide bonds. The number of ether oxygens (including phenoxy) is 1. The van der Waals surface area contributed by atoms with E-state index in [0.717, 1.165) is 30.0 Å². The van der Waals surface area contributed by atoms with Crippen LogP contribution in [0.1, 0.15) is 35.6 Å². The first-order chi connectivity index (χ1) is 8.88. The summed E-state index contributed by atoms with van der Waals surface area (Å²) in [7, 11) is 2.00. The number of carbonyl (C=O) groups is 1. The van der Waals surface area contributed by atoms with E-state index in [9.17, 15) is 4.79 Å². The van der Waals surface area contributed by atoms with E-state index in [1.54, 1.807) is 0 Å². The van der Waals surface area contributed by atoms with Crippen LogP contribution >= 0.6 is 0 Å². The molecule has 0 aliphatic carbocycles.